The summed E-state index contributed by atoms with van der Waals surface area (Å²) >= 11 is 0. The van der Waals surface area contributed by atoms with Gasteiger partial charge in [0.1, 0.15) is 18.5 Å². The van der Waals surface area contributed by atoms with Crippen LogP contribution in [0.25, 0.3) is 0 Å². The predicted molar refractivity (Wildman–Crippen MR) is 125 cm³/mol. The van der Waals surface area contributed by atoms with Crippen molar-refractivity contribution in [1.29, 1.82) is 0 Å². The molecule has 0 aromatic heterocycles. The third-order valence-electron chi connectivity index (χ3n) is 5.78. The van der Waals surface area contributed by atoms with E-state index in [1.807, 2.05) is 6.07 Å². The van der Waals surface area contributed by atoms with Crippen molar-refractivity contribution in [2.45, 2.75) is 109 Å². The summed E-state index contributed by atoms with van der Waals surface area (Å²) in [5.74, 6) is 1.01. The van der Waals surface area contributed by atoms with Crippen LogP contribution in [0.1, 0.15) is 102 Å². The fraction of sp³-hybridized carbons (Fsp3) is 0.704. The van der Waals surface area contributed by atoms with Gasteiger partial charge in [0.15, 0.2) is 0 Å². The molecule has 0 aliphatic carbocycles. The largest absolute Gasteiger partial charge is 0.490 e. The van der Waals surface area contributed by atoms with Crippen molar-refractivity contribution < 1.29 is 9.47 Å². The average molecular weight is 401 g/mol. The van der Waals surface area contributed by atoms with Gasteiger partial charge >= 0.3 is 0 Å². The standard InChI is InChI=1S/C27H44O2/c1-2-3-4-5-6-7-8-9-10-11-12-13-14-15-16-17-20-25-21-18-19-22-27(25)29-24-26-23-28-26/h16-19,21-22,26H,2-15,20,23-24H2,1H3/b17-16+. The molecule has 1 heterocycles. The summed E-state index contributed by atoms with van der Waals surface area (Å²) in [6.45, 7) is 3.82. The Morgan fingerprint density at radius 2 is 1.41 bits per heavy atom. The van der Waals surface area contributed by atoms with Crippen LogP contribution in [0.2, 0.25) is 0 Å². The highest BCUT2D eigenvalue weighted by molar-refractivity contribution is 5.34. The molecule has 0 bridgehead atoms. The highest BCUT2D eigenvalue weighted by Crippen LogP contribution is 2.21. The zero-order valence-corrected chi connectivity index (χ0v) is 18.9. The summed E-state index contributed by atoms with van der Waals surface area (Å²) in [6.07, 6.45) is 25.6. The number of allylic oxidation sites excluding steroid dienone is 2. The Labute approximate surface area is 180 Å². The van der Waals surface area contributed by atoms with E-state index in [9.17, 15) is 0 Å². The summed E-state index contributed by atoms with van der Waals surface area (Å²) in [7, 11) is 0. The van der Waals surface area contributed by atoms with E-state index in [-0.39, 0.29) is 0 Å². The highest BCUT2D eigenvalue weighted by Gasteiger charge is 2.23. The van der Waals surface area contributed by atoms with Crippen LogP contribution in [0, 0.1) is 0 Å². The molecule has 1 aliphatic heterocycles. The first-order chi connectivity index (χ1) is 14.4. The maximum Gasteiger partial charge on any atom is 0.122 e. The molecular weight excluding hydrogens is 356 g/mol. The number of rotatable bonds is 19. The van der Waals surface area contributed by atoms with Gasteiger partial charge in [0.2, 0.25) is 0 Å². The Hall–Kier alpha value is -1.28. The minimum Gasteiger partial charge on any atom is -0.490 e. The Morgan fingerprint density at radius 3 is 2.03 bits per heavy atom. The van der Waals surface area contributed by atoms with Gasteiger partial charge < -0.3 is 9.47 Å². The van der Waals surface area contributed by atoms with Gasteiger partial charge in [-0.15, -0.1) is 0 Å². The number of epoxide rings is 1. The molecule has 2 nitrogen and oxygen atoms in total. The second kappa shape index (κ2) is 16.5. The minimum absolute atomic E-state index is 0.314. The number of benzene rings is 1. The van der Waals surface area contributed by atoms with Crippen LogP contribution < -0.4 is 4.74 Å². The first kappa shape index (κ1) is 24.0. The number of para-hydroxylation sites is 1. The van der Waals surface area contributed by atoms with Crippen LogP contribution in [0.4, 0.5) is 0 Å². The van der Waals surface area contributed by atoms with E-state index in [1.165, 1.54) is 95.5 Å². The van der Waals surface area contributed by atoms with Crippen molar-refractivity contribution in [3.63, 3.8) is 0 Å². The van der Waals surface area contributed by atoms with Gasteiger partial charge in [-0.05, 0) is 30.9 Å². The van der Waals surface area contributed by atoms with Crippen LogP contribution in [0.5, 0.6) is 5.75 Å². The molecule has 1 unspecified atom stereocenters. The van der Waals surface area contributed by atoms with E-state index >= 15 is 0 Å². The molecule has 0 saturated carbocycles. The molecule has 0 spiro atoms. The van der Waals surface area contributed by atoms with Gasteiger partial charge in [-0.25, -0.2) is 0 Å². The topological polar surface area (TPSA) is 21.8 Å². The zero-order chi connectivity index (χ0) is 20.4. The van der Waals surface area contributed by atoms with Gasteiger partial charge in [0, 0.05) is 0 Å². The highest BCUT2D eigenvalue weighted by atomic mass is 16.6. The van der Waals surface area contributed by atoms with Crippen LogP contribution in [-0.4, -0.2) is 19.3 Å². The predicted octanol–water partition coefficient (Wildman–Crippen LogP) is 8.04. The van der Waals surface area contributed by atoms with E-state index in [4.69, 9.17) is 9.47 Å². The van der Waals surface area contributed by atoms with Gasteiger partial charge in [-0.1, -0.05) is 114 Å². The third kappa shape index (κ3) is 12.8. The van der Waals surface area contributed by atoms with Crippen LogP contribution in [-0.2, 0) is 11.2 Å². The quantitative estimate of drug-likeness (QED) is 0.133. The number of ether oxygens (including phenoxy) is 2. The van der Waals surface area contributed by atoms with E-state index in [0.717, 1.165) is 18.8 Å². The Balaban J connectivity index is 1.39. The van der Waals surface area contributed by atoms with Crippen molar-refractivity contribution >= 4 is 0 Å². The monoisotopic (exact) mass is 400 g/mol. The third-order valence-corrected chi connectivity index (χ3v) is 5.78. The van der Waals surface area contributed by atoms with Gasteiger partial charge in [0.05, 0.1) is 6.61 Å². The maximum absolute atomic E-state index is 5.88. The Morgan fingerprint density at radius 1 is 0.828 bits per heavy atom. The molecule has 164 valence electrons. The molecular formula is C27H44O2. The summed E-state index contributed by atoms with van der Waals surface area (Å²) in [5, 5.41) is 0. The van der Waals surface area contributed by atoms with Crippen molar-refractivity contribution in [2.24, 2.45) is 0 Å². The molecule has 2 rings (SSSR count). The second-order valence-corrected chi connectivity index (χ2v) is 8.58. The van der Waals surface area contributed by atoms with Crippen molar-refractivity contribution in [2.75, 3.05) is 13.2 Å². The van der Waals surface area contributed by atoms with Crippen molar-refractivity contribution in [1.82, 2.24) is 0 Å². The first-order valence-electron chi connectivity index (χ1n) is 12.4. The van der Waals surface area contributed by atoms with Gasteiger partial charge in [-0.3, -0.25) is 0 Å². The van der Waals surface area contributed by atoms with Crippen LogP contribution in [0.3, 0.4) is 0 Å². The molecule has 1 saturated heterocycles. The molecule has 1 fully saturated rings. The summed E-state index contributed by atoms with van der Waals surface area (Å²) < 4.78 is 11.1. The average Bonchev–Trinajstić information content (AvgIpc) is 3.57. The number of hydrogen-bond donors (Lipinski definition) is 0. The minimum atomic E-state index is 0.314. The molecule has 0 amide bonds. The molecule has 0 radical (unpaired) electrons. The van der Waals surface area contributed by atoms with E-state index in [2.05, 4.69) is 37.3 Å². The van der Waals surface area contributed by atoms with Gasteiger partial charge in [-0.2, -0.15) is 0 Å². The molecule has 2 heteroatoms. The molecule has 29 heavy (non-hydrogen) atoms. The molecule has 0 N–H and O–H groups in total. The summed E-state index contributed by atoms with van der Waals surface area (Å²) in [6, 6.07) is 8.37. The van der Waals surface area contributed by atoms with E-state index in [1.54, 1.807) is 0 Å². The van der Waals surface area contributed by atoms with E-state index in [0.29, 0.717) is 12.7 Å². The van der Waals surface area contributed by atoms with Crippen molar-refractivity contribution in [3.8, 4) is 5.75 Å². The summed E-state index contributed by atoms with van der Waals surface area (Å²) in [5.41, 5.74) is 1.27. The lowest BCUT2D eigenvalue weighted by atomic mass is 10.0. The first-order valence-corrected chi connectivity index (χ1v) is 12.4. The lowest BCUT2D eigenvalue weighted by Crippen LogP contribution is -2.05. The second-order valence-electron chi connectivity index (χ2n) is 8.58. The summed E-state index contributed by atoms with van der Waals surface area (Å²) in [4.78, 5) is 0. The maximum atomic E-state index is 5.88. The van der Waals surface area contributed by atoms with Crippen LogP contribution >= 0.6 is 0 Å². The van der Waals surface area contributed by atoms with Gasteiger partial charge in [0.25, 0.3) is 0 Å². The fourth-order valence-corrected chi connectivity index (χ4v) is 3.77. The SMILES string of the molecule is CCCCCCCCCCCCCCC/C=C/Cc1ccccc1OCC1CO1. The normalized spacial score (nSPS) is 15.8. The lowest BCUT2D eigenvalue weighted by molar-refractivity contribution is 0.261. The molecule has 1 aromatic rings. The molecule has 1 aromatic carbocycles. The van der Waals surface area contributed by atoms with E-state index < -0.39 is 0 Å². The number of hydrogen-bond acceptors (Lipinski definition) is 2. The smallest absolute Gasteiger partial charge is 0.122 e. The fourth-order valence-electron chi connectivity index (χ4n) is 3.77. The molecule has 1 atom stereocenters. The Bertz CT molecular complexity index is 533. The lowest BCUT2D eigenvalue weighted by Gasteiger charge is -2.08. The molecule has 1 aliphatic rings. The zero-order valence-electron chi connectivity index (χ0n) is 18.9. The van der Waals surface area contributed by atoms with Crippen LogP contribution in [0.15, 0.2) is 36.4 Å². The number of unbranched alkanes of at least 4 members (excludes halogenated alkanes) is 13. The van der Waals surface area contributed by atoms with Crippen molar-refractivity contribution in [3.05, 3.63) is 42.0 Å². The Kier molecular flexibility index (Phi) is 13.7.